The van der Waals surface area contributed by atoms with Crippen molar-refractivity contribution in [1.82, 2.24) is 9.97 Å². The number of aromatic amines is 2. The molecule has 0 aliphatic carbocycles. The van der Waals surface area contributed by atoms with Crippen molar-refractivity contribution in [1.29, 1.82) is 0 Å². The second kappa shape index (κ2) is 4.94. The lowest BCUT2D eigenvalue weighted by atomic mass is 10.3. The Bertz CT molecular complexity index is 961. The first-order chi connectivity index (χ1) is 9.95. The van der Waals surface area contributed by atoms with Crippen LogP contribution in [0.3, 0.4) is 0 Å². The number of fused-ring (bicyclic) bond motifs is 1. The second-order valence-corrected chi connectivity index (χ2v) is 6.46. The van der Waals surface area contributed by atoms with Crippen LogP contribution in [0.1, 0.15) is 0 Å². The minimum atomic E-state index is -3.73. The Morgan fingerprint density at radius 2 is 1.62 bits per heavy atom. The molecule has 2 aromatic carbocycles. The van der Waals surface area contributed by atoms with E-state index in [9.17, 15) is 13.2 Å². The molecule has 0 fully saturated rings. The van der Waals surface area contributed by atoms with Gasteiger partial charge in [0.1, 0.15) is 0 Å². The summed E-state index contributed by atoms with van der Waals surface area (Å²) in [7, 11) is -3.73. The molecular weight excluding hydrogens is 314 g/mol. The Kier molecular flexibility index (Phi) is 3.23. The number of imidazole rings is 1. The van der Waals surface area contributed by atoms with Crippen molar-refractivity contribution in [2.45, 2.75) is 4.90 Å². The summed E-state index contributed by atoms with van der Waals surface area (Å²) in [6.45, 7) is 0. The highest BCUT2D eigenvalue weighted by atomic mass is 35.5. The summed E-state index contributed by atoms with van der Waals surface area (Å²) in [4.78, 5) is 16.4. The van der Waals surface area contributed by atoms with Crippen LogP contribution in [0.25, 0.3) is 11.0 Å². The standard InChI is InChI=1S/C13H10ClN3O3S/c14-9-6-11-12(16-13(18)15-11)7-10(9)17-21(19,20)8-4-2-1-3-5-8/h1-7,17H,(H2,15,16,18). The molecule has 8 heteroatoms. The van der Waals surface area contributed by atoms with E-state index in [1.165, 1.54) is 24.3 Å². The monoisotopic (exact) mass is 323 g/mol. The van der Waals surface area contributed by atoms with Gasteiger partial charge < -0.3 is 9.97 Å². The molecule has 0 atom stereocenters. The number of benzene rings is 2. The molecule has 3 N–H and O–H groups in total. The van der Waals surface area contributed by atoms with Crippen molar-refractivity contribution < 1.29 is 8.42 Å². The number of rotatable bonds is 3. The van der Waals surface area contributed by atoms with Gasteiger partial charge in [0.2, 0.25) is 0 Å². The zero-order valence-corrected chi connectivity index (χ0v) is 12.1. The maximum atomic E-state index is 12.2. The van der Waals surface area contributed by atoms with Crippen LogP contribution < -0.4 is 10.4 Å². The molecule has 0 aliphatic heterocycles. The third kappa shape index (κ3) is 2.65. The van der Waals surface area contributed by atoms with E-state index in [1.807, 2.05) is 0 Å². The van der Waals surface area contributed by atoms with Gasteiger partial charge in [-0.3, -0.25) is 4.72 Å². The molecule has 0 saturated heterocycles. The quantitative estimate of drug-likeness (QED) is 0.690. The molecule has 3 rings (SSSR count). The molecule has 0 saturated carbocycles. The number of aromatic nitrogens is 2. The van der Waals surface area contributed by atoms with Crippen molar-refractivity contribution in [2.24, 2.45) is 0 Å². The summed E-state index contributed by atoms with van der Waals surface area (Å²) in [5.41, 5.74) is 0.787. The Balaban J connectivity index is 2.05. The Labute approximate surface area is 124 Å². The average Bonchev–Trinajstić information content (AvgIpc) is 2.79. The van der Waals surface area contributed by atoms with Gasteiger partial charge in [-0.25, -0.2) is 13.2 Å². The third-order valence-electron chi connectivity index (χ3n) is 2.90. The fraction of sp³-hybridized carbons (Fsp3) is 0. The van der Waals surface area contributed by atoms with Crippen LogP contribution in [0.4, 0.5) is 5.69 Å². The number of sulfonamides is 1. The molecule has 0 aliphatic rings. The molecule has 0 amide bonds. The predicted octanol–water partition coefficient (Wildman–Crippen LogP) is 2.31. The number of hydrogen-bond donors (Lipinski definition) is 3. The number of hydrogen-bond acceptors (Lipinski definition) is 3. The molecule has 6 nitrogen and oxygen atoms in total. The van der Waals surface area contributed by atoms with Gasteiger partial charge in [0.15, 0.2) is 0 Å². The number of H-pyrrole nitrogens is 2. The molecule has 1 aromatic heterocycles. The van der Waals surface area contributed by atoms with Crippen LogP contribution >= 0.6 is 11.6 Å². The Morgan fingerprint density at radius 1 is 1.00 bits per heavy atom. The summed E-state index contributed by atoms with van der Waals surface area (Å²) >= 11 is 6.04. The topological polar surface area (TPSA) is 94.8 Å². The van der Waals surface area contributed by atoms with E-state index in [4.69, 9.17) is 11.6 Å². The molecule has 21 heavy (non-hydrogen) atoms. The molecule has 1 heterocycles. The first kappa shape index (κ1) is 13.7. The fourth-order valence-corrected chi connectivity index (χ4v) is 3.30. The minimum Gasteiger partial charge on any atom is -0.306 e. The van der Waals surface area contributed by atoms with E-state index >= 15 is 0 Å². The van der Waals surface area contributed by atoms with Crippen LogP contribution in [0.5, 0.6) is 0 Å². The lowest BCUT2D eigenvalue weighted by Crippen LogP contribution is -2.13. The summed E-state index contributed by atoms with van der Waals surface area (Å²) in [5, 5.41) is 0.192. The van der Waals surface area contributed by atoms with Gasteiger partial charge >= 0.3 is 5.69 Å². The van der Waals surface area contributed by atoms with E-state index < -0.39 is 10.0 Å². The van der Waals surface area contributed by atoms with Crippen molar-refractivity contribution in [3.8, 4) is 0 Å². The maximum absolute atomic E-state index is 12.2. The second-order valence-electron chi connectivity index (χ2n) is 4.38. The zero-order valence-electron chi connectivity index (χ0n) is 10.6. The number of anilines is 1. The van der Waals surface area contributed by atoms with Gasteiger partial charge in [-0.05, 0) is 24.3 Å². The highest BCUT2D eigenvalue weighted by Gasteiger charge is 2.16. The van der Waals surface area contributed by atoms with Crippen LogP contribution in [-0.4, -0.2) is 18.4 Å². The number of halogens is 1. The summed E-state index contributed by atoms with van der Waals surface area (Å²) < 4.78 is 26.9. The van der Waals surface area contributed by atoms with Crippen LogP contribution in [0, 0.1) is 0 Å². The molecule has 0 bridgehead atoms. The first-order valence-corrected chi connectivity index (χ1v) is 7.81. The average molecular weight is 324 g/mol. The predicted molar refractivity (Wildman–Crippen MR) is 81.2 cm³/mol. The highest BCUT2D eigenvalue weighted by molar-refractivity contribution is 7.92. The van der Waals surface area contributed by atoms with Crippen molar-refractivity contribution in [3.63, 3.8) is 0 Å². The number of nitrogens with one attached hydrogen (secondary N) is 3. The van der Waals surface area contributed by atoms with Gasteiger partial charge in [-0.1, -0.05) is 29.8 Å². The van der Waals surface area contributed by atoms with E-state index in [-0.39, 0.29) is 21.3 Å². The zero-order chi connectivity index (χ0) is 15.0. The Hall–Kier alpha value is -2.25. The van der Waals surface area contributed by atoms with Gasteiger partial charge in [0.05, 0.1) is 26.6 Å². The normalized spacial score (nSPS) is 11.7. The van der Waals surface area contributed by atoms with Crippen LogP contribution in [-0.2, 0) is 10.0 Å². The van der Waals surface area contributed by atoms with Crippen molar-refractivity contribution in [3.05, 3.63) is 58.0 Å². The molecular formula is C13H10ClN3O3S. The largest absolute Gasteiger partial charge is 0.323 e. The third-order valence-corrected chi connectivity index (χ3v) is 4.60. The summed E-state index contributed by atoms with van der Waals surface area (Å²) in [6, 6.07) is 10.9. The SMILES string of the molecule is O=c1[nH]c2cc(Cl)c(NS(=O)(=O)c3ccccc3)cc2[nH]1. The Morgan fingerprint density at radius 3 is 2.29 bits per heavy atom. The van der Waals surface area contributed by atoms with Gasteiger partial charge in [0.25, 0.3) is 10.0 Å². The first-order valence-electron chi connectivity index (χ1n) is 5.95. The van der Waals surface area contributed by atoms with Crippen molar-refractivity contribution >= 4 is 38.3 Å². The summed E-state index contributed by atoms with van der Waals surface area (Å²) in [6.07, 6.45) is 0. The minimum absolute atomic E-state index is 0.128. The van der Waals surface area contributed by atoms with E-state index in [2.05, 4.69) is 14.7 Å². The smallest absolute Gasteiger partial charge is 0.306 e. The van der Waals surface area contributed by atoms with Gasteiger partial charge in [0, 0.05) is 0 Å². The lowest BCUT2D eigenvalue weighted by Gasteiger charge is -2.09. The maximum Gasteiger partial charge on any atom is 0.323 e. The van der Waals surface area contributed by atoms with Gasteiger partial charge in [-0.2, -0.15) is 0 Å². The van der Waals surface area contributed by atoms with Crippen LogP contribution in [0.2, 0.25) is 5.02 Å². The highest BCUT2D eigenvalue weighted by Crippen LogP contribution is 2.28. The lowest BCUT2D eigenvalue weighted by molar-refractivity contribution is 0.601. The molecule has 3 aromatic rings. The van der Waals surface area contributed by atoms with E-state index in [1.54, 1.807) is 18.2 Å². The van der Waals surface area contributed by atoms with Crippen LogP contribution in [0.15, 0.2) is 52.2 Å². The van der Waals surface area contributed by atoms with Gasteiger partial charge in [-0.15, -0.1) is 0 Å². The van der Waals surface area contributed by atoms with E-state index in [0.29, 0.717) is 11.0 Å². The fourth-order valence-electron chi connectivity index (χ4n) is 1.94. The van der Waals surface area contributed by atoms with Crippen molar-refractivity contribution in [2.75, 3.05) is 4.72 Å². The molecule has 0 unspecified atom stereocenters. The molecule has 0 radical (unpaired) electrons. The van der Waals surface area contributed by atoms with E-state index in [0.717, 1.165) is 0 Å². The summed E-state index contributed by atoms with van der Waals surface area (Å²) in [5.74, 6) is 0. The molecule has 108 valence electrons. The molecule has 0 spiro atoms.